The Morgan fingerprint density at radius 2 is 2.26 bits per heavy atom. The van der Waals surface area contributed by atoms with E-state index in [1.165, 1.54) is 0 Å². The van der Waals surface area contributed by atoms with Gasteiger partial charge >= 0.3 is 0 Å². The molecule has 0 radical (unpaired) electrons. The van der Waals surface area contributed by atoms with E-state index in [9.17, 15) is 8.42 Å². The number of sulfonamides is 1. The quantitative estimate of drug-likeness (QED) is 0.883. The van der Waals surface area contributed by atoms with E-state index in [2.05, 4.69) is 5.32 Å². The topological polar surface area (TPSA) is 73.2 Å². The molecule has 0 aliphatic carbocycles. The highest BCUT2D eigenvalue weighted by Gasteiger charge is 2.48. The SMILES string of the molecule is CC1CC2CNCC2N1S(=O)(=O)c1ccc(C#N)s1. The standard InChI is InChI=1S/C12H15N3O2S2/c1-8-4-9-6-14-7-11(9)15(8)19(16,17)12-3-2-10(5-13)18-12/h2-3,8-9,11,14H,4,6-7H2,1H3. The highest BCUT2D eigenvalue weighted by molar-refractivity contribution is 7.91. The molecule has 0 aromatic carbocycles. The molecule has 102 valence electrons. The molecule has 1 aromatic heterocycles. The lowest BCUT2D eigenvalue weighted by molar-refractivity contribution is 0.336. The molecule has 0 saturated carbocycles. The van der Waals surface area contributed by atoms with Gasteiger partial charge < -0.3 is 5.32 Å². The summed E-state index contributed by atoms with van der Waals surface area (Å²) in [6.07, 6.45) is 0.910. The molecular formula is C12H15N3O2S2. The van der Waals surface area contributed by atoms with Crippen LogP contribution in [0.15, 0.2) is 16.3 Å². The van der Waals surface area contributed by atoms with Crippen molar-refractivity contribution in [1.29, 1.82) is 5.26 Å². The predicted molar refractivity (Wildman–Crippen MR) is 72.3 cm³/mol. The summed E-state index contributed by atoms with van der Waals surface area (Å²) in [6.45, 7) is 3.59. The molecule has 2 fully saturated rings. The van der Waals surface area contributed by atoms with Gasteiger partial charge in [0, 0.05) is 18.6 Å². The maximum Gasteiger partial charge on any atom is 0.253 e. The molecule has 3 atom stereocenters. The van der Waals surface area contributed by atoms with Crippen molar-refractivity contribution in [3.63, 3.8) is 0 Å². The van der Waals surface area contributed by atoms with Gasteiger partial charge in [-0.3, -0.25) is 0 Å². The lowest BCUT2D eigenvalue weighted by Crippen LogP contribution is -2.42. The summed E-state index contributed by atoms with van der Waals surface area (Å²) in [7, 11) is -3.47. The Balaban J connectivity index is 1.98. The minimum Gasteiger partial charge on any atom is -0.315 e. The summed E-state index contributed by atoms with van der Waals surface area (Å²) in [5.41, 5.74) is 0. The molecule has 0 spiro atoms. The van der Waals surface area contributed by atoms with Crippen LogP contribution in [0.3, 0.4) is 0 Å². The van der Waals surface area contributed by atoms with Crippen molar-refractivity contribution in [2.45, 2.75) is 29.6 Å². The number of hydrogen-bond acceptors (Lipinski definition) is 5. The first-order valence-electron chi connectivity index (χ1n) is 6.28. The fraction of sp³-hybridized carbons (Fsp3) is 0.583. The van der Waals surface area contributed by atoms with Gasteiger partial charge in [-0.1, -0.05) is 0 Å². The zero-order valence-corrected chi connectivity index (χ0v) is 12.2. The number of thiophene rings is 1. The molecule has 0 bridgehead atoms. The largest absolute Gasteiger partial charge is 0.315 e. The van der Waals surface area contributed by atoms with Crippen LogP contribution in [0.1, 0.15) is 18.2 Å². The van der Waals surface area contributed by atoms with Crippen molar-refractivity contribution in [1.82, 2.24) is 9.62 Å². The second-order valence-electron chi connectivity index (χ2n) is 5.14. The fourth-order valence-electron chi connectivity index (χ4n) is 3.16. The molecule has 7 heteroatoms. The van der Waals surface area contributed by atoms with Crippen molar-refractivity contribution in [3.05, 3.63) is 17.0 Å². The van der Waals surface area contributed by atoms with E-state index < -0.39 is 10.0 Å². The van der Waals surface area contributed by atoms with Gasteiger partial charge in [-0.05, 0) is 37.9 Å². The van der Waals surface area contributed by atoms with Crippen LogP contribution in [0.4, 0.5) is 0 Å². The molecule has 1 N–H and O–H groups in total. The van der Waals surface area contributed by atoms with Crippen molar-refractivity contribution in [3.8, 4) is 6.07 Å². The van der Waals surface area contributed by atoms with E-state index in [0.29, 0.717) is 10.8 Å². The first-order valence-corrected chi connectivity index (χ1v) is 8.54. The van der Waals surface area contributed by atoms with Gasteiger partial charge in [0.1, 0.15) is 15.2 Å². The third kappa shape index (κ3) is 1.99. The molecule has 5 nitrogen and oxygen atoms in total. The minimum absolute atomic E-state index is 0.0368. The maximum atomic E-state index is 12.7. The van der Waals surface area contributed by atoms with Gasteiger partial charge in [-0.25, -0.2) is 8.42 Å². The molecular weight excluding hydrogens is 282 g/mol. The maximum absolute atomic E-state index is 12.7. The Hall–Kier alpha value is -0.940. The van der Waals surface area contributed by atoms with Crippen molar-refractivity contribution >= 4 is 21.4 Å². The zero-order chi connectivity index (χ0) is 13.6. The summed E-state index contributed by atoms with van der Waals surface area (Å²) < 4.78 is 27.4. The number of nitrogens with zero attached hydrogens (tertiary/aromatic N) is 2. The predicted octanol–water partition coefficient (Wildman–Crippen LogP) is 0.991. The summed E-state index contributed by atoms with van der Waals surface area (Å²) in [6, 6.07) is 5.20. The van der Waals surface area contributed by atoms with E-state index in [4.69, 9.17) is 5.26 Å². The molecule has 2 aliphatic heterocycles. The Kier molecular flexibility index (Phi) is 3.14. The van der Waals surface area contributed by atoms with Crippen molar-refractivity contribution in [2.24, 2.45) is 5.92 Å². The van der Waals surface area contributed by atoms with E-state index >= 15 is 0 Å². The third-order valence-corrected chi connectivity index (χ3v) is 7.43. The number of hydrogen-bond donors (Lipinski definition) is 1. The average molecular weight is 297 g/mol. The highest BCUT2D eigenvalue weighted by Crippen LogP contribution is 2.38. The first kappa shape index (κ1) is 13.1. The van der Waals surface area contributed by atoms with Gasteiger partial charge in [0.15, 0.2) is 0 Å². The Morgan fingerprint density at radius 1 is 1.47 bits per heavy atom. The summed E-state index contributed by atoms with van der Waals surface area (Å²) in [5.74, 6) is 0.417. The van der Waals surface area contributed by atoms with Crippen LogP contribution in [0, 0.1) is 17.2 Å². The second kappa shape index (κ2) is 4.56. The van der Waals surface area contributed by atoms with Crippen LogP contribution < -0.4 is 5.32 Å². The van der Waals surface area contributed by atoms with Crippen molar-refractivity contribution < 1.29 is 8.42 Å². The number of nitrogens with one attached hydrogen (secondary N) is 1. The van der Waals surface area contributed by atoms with Gasteiger partial charge in [0.25, 0.3) is 10.0 Å². The Labute approximate surface area is 116 Å². The molecule has 19 heavy (non-hydrogen) atoms. The summed E-state index contributed by atoms with van der Waals surface area (Å²) in [5, 5.41) is 12.1. The molecule has 1 aromatic rings. The van der Waals surface area contributed by atoms with Crippen molar-refractivity contribution in [2.75, 3.05) is 13.1 Å². The van der Waals surface area contributed by atoms with E-state index in [1.54, 1.807) is 16.4 Å². The first-order chi connectivity index (χ1) is 9.04. The van der Waals surface area contributed by atoms with E-state index in [1.807, 2.05) is 13.0 Å². The molecule has 2 aliphatic rings. The summed E-state index contributed by atoms with van der Waals surface area (Å²) in [4.78, 5) is 0.437. The minimum atomic E-state index is -3.47. The number of fused-ring (bicyclic) bond motifs is 1. The van der Waals surface area contributed by atoms with E-state index in [0.717, 1.165) is 30.8 Å². The highest BCUT2D eigenvalue weighted by atomic mass is 32.2. The third-order valence-electron chi connectivity index (χ3n) is 3.93. The molecule has 2 saturated heterocycles. The zero-order valence-electron chi connectivity index (χ0n) is 10.5. The normalized spacial score (nSPS) is 31.3. The molecule has 3 heterocycles. The average Bonchev–Trinajstić information content (AvgIpc) is 3.01. The summed E-state index contributed by atoms with van der Waals surface area (Å²) >= 11 is 1.05. The monoisotopic (exact) mass is 297 g/mol. The van der Waals surface area contributed by atoms with Gasteiger partial charge in [-0.2, -0.15) is 9.57 Å². The van der Waals surface area contributed by atoms with Crippen LogP contribution in [0.5, 0.6) is 0 Å². The van der Waals surface area contributed by atoms with Crippen LogP contribution >= 0.6 is 11.3 Å². The lowest BCUT2D eigenvalue weighted by Gasteiger charge is -2.25. The van der Waals surface area contributed by atoms with Crippen LogP contribution in [0.25, 0.3) is 0 Å². The molecule has 3 rings (SSSR count). The lowest BCUT2D eigenvalue weighted by atomic mass is 10.0. The van der Waals surface area contributed by atoms with Gasteiger partial charge in [0.05, 0.1) is 0 Å². The smallest absolute Gasteiger partial charge is 0.253 e. The number of nitriles is 1. The van der Waals surface area contributed by atoms with Gasteiger partial charge in [-0.15, -0.1) is 11.3 Å². The number of rotatable bonds is 2. The van der Waals surface area contributed by atoms with E-state index in [-0.39, 0.29) is 16.3 Å². The van der Waals surface area contributed by atoms with Crippen LogP contribution in [-0.4, -0.2) is 37.9 Å². The Morgan fingerprint density at radius 3 is 2.95 bits per heavy atom. The Bertz CT molecular complexity index is 632. The van der Waals surface area contributed by atoms with Gasteiger partial charge in [0.2, 0.25) is 0 Å². The van der Waals surface area contributed by atoms with Crippen LogP contribution in [0.2, 0.25) is 0 Å². The molecule has 0 amide bonds. The van der Waals surface area contributed by atoms with Crippen LogP contribution in [-0.2, 0) is 10.0 Å². The fourth-order valence-corrected chi connectivity index (χ4v) is 6.26. The molecule has 3 unspecified atom stereocenters. The second-order valence-corrected chi connectivity index (χ2v) is 8.29.